The Hall–Kier alpha value is -0.840. The molecular formula is C13H16Cl2N2O2. The zero-order valence-corrected chi connectivity index (χ0v) is 12.2. The zero-order valence-electron chi connectivity index (χ0n) is 10.7. The molecule has 2 rings (SSSR count). The summed E-state index contributed by atoms with van der Waals surface area (Å²) in [5, 5.41) is 0.561. The molecule has 0 atom stereocenters. The number of aromatic nitrogens is 1. The maximum atomic E-state index is 12.1. The number of carbonyl (C=O) groups excluding carboxylic acids is 1. The summed E-state index contributed by atoms with van der Waals surface area (Å²) < 4.78 is 5.49. The molecule has 0 N–H and O–H groups in total. The predicted octanol–water partition coefficient (Wildman–Crippen LogP) is 2.89. The Bertz CT molecular complexity index is 464. The third kappa shape index (κ3) is 4.34. The zero-order chi connectivity index (χ0) is 13.8. The van der Waals surface area contributed by atoms with Gasteiger partial charge in [-0.15, -0.1) is 0 Å². The van der Waals surface area contributed by atoms with Crippen LogP contribution in [-0.4, -0.2) is 42.6 Å². The molecule has 0 unspecified atom stereocenters. The van der Waals surface area contributed by atoms with Crippen LogP contribution in [0.2, 0.25) is 10.2 Å². The monoisotopic (exact) mass is 302 g/mol. The van der Waals surface area contributed by atoms with Crippen LogP contribution in [0.4, 0.5) is 0 Å². The van der Waals surface area contributed by atoms with Gasteiger partial charge in [-0.3, -0.25) is 4.79 Å². The average Bonchev–Trinajstić information content (AvgIpc) is 3.20. The van der Waals surface area contributed by atoms with Crippen molar-refractivity contribution in [3.05, 3.63) is 28.0 Å². The van der Waals surface area contributed by atoms with Gasteiger partial charge in [0.05, 0.1) is 11.6 Å². The molecule has 1 aromatic rings. The third-order valence-corrected chi connectivity index (χ3v) is 3.50. The van der Waals surface area contributed by atoms with Crippen molar-refractivity contribution < 1.29 is 9.53 Å². The van der Waals surface area contributed by atoms with Gasteiger partial charge in [-0.05, 0) is 30.9 Å². The molecule has 19 heavy (non-hydrogen) atoms. The molecule has 0 spiro atoms. The van der Waals surface area contributed by atoms with Crippen molar-refractivity contribution in [1.29, 1.82) is 0 Å². The van der Waals surface area contributed by atoms with Crippen molar-refractivity contribution in [2.24, 2.45) is 5.92 Å². The first kappa shape index (κ1) is 14.6. The van der Waals surface area contributed by atoms with Crippen LogP contribution < -0.4 is 0 Å². The molecule has 1 amide bonds. The van der Waals surface area contributed by atoms with Crippen LogP contribution in [0.3, 0.4) is 0 Å². The van der Waals surface area contributed by atoms with E-state index in [1.807, 2.05) is 0 Å². The van der Waals surface area contributed by atoms with Crippen molar-refractivity contribution in [2.75, 3.05) is 26.8 Å². The number of pyridine rings is 1. The first-order chi connectivity index (χ1) is 9.08. The number of rotatable bonds is 6. The average molecular weight is 303 g/mol. The Kier molecular flexibility index (Phi) is 5.02. The molecule has 1 fully saturated rings. The smallest absolute Gasteiger partial charge is 0.273 e. The van der Waals surface area contributed by atoms with Crippen molar-refractivity contribution in [3.63, 3.8) is 0 Å². The lowest BCUT2D eigenvalue weighted by atomic mass is 10.3. The van der Waals surface area contributed by atoms with Gasteiger partial charge in [0.15, 0.2) is 0 Å². The Morgan fingerprint density at radius 2 is 2.21 bits per heavy atom. The molecule has 4 nitrogen and oxygen atoms in total. The number of nitrogens with zero attached hydrogens (tertiary/aromatic N) is 2. The van der Waals surface area contributed by atoms with Gasteiger partial charge in [-0.1, -0.05) is 23.2 Å². The van der Waals surface area contributed by atoms with E-state index in [1.165, 1.54) is 17.7 Å². The quantitative estimate of drug-likeness (QED) is 0.599. The van der Waals surface area contributed by atoms with Gasteiger partial charge in [0.1, 0.15) is 10.8 Å². The number of ether oxygens (including phenoxy) is 1. The van der Waals surface area contributed by atoms with Crippen LogP contribution in [0.1, 0.15) is 23.3 Å². The summed E-state index contributed by atoms with van der Waals surface area (Å²) in [6.45, 7) is 1.82. The topological polar surface area (TPSA) is 42.4 Å². The van der Waals surface area contributed by atoms with Gasteiger partial charge in [0.25, 0.3) is 5.91 Å². The second-order valence-electron chi connectivity index (χ2n) is 4.71. The van der Waals surface area contributed by atoms with E-state index < -0.39 is 0 Å². The molecular weight excluding hydrogens is 287 g/mol. The molecule has 1 aromatic heterocycles. The first-order valence-electron chi connectivity index (χ1n) is 6.23. The van der Waals surface area contributed by atoms with Gasteiger partial charge in [-0.25, -0.2) is 4.98 Å². The van der Waals surface area contributed by atoms with E-state index in [9.17, 15) is 4.79 Å². The van der Waals surface area contributed by atoms with Crippen molar-refractivity contribution >= 4 is 29.1 Å². The van der Waals surface area contributed by atoms with E-state index >= 15 is 0 Å². The SMILES string of the molecule is CN(CCOCC1CC1)C(=O)c1nc(Cl)ccc1Cl. The summed E-state index contributed by atoms with van der Waals surface area (Å²) in [4.78, 5) is 17.6. The summed E-state index contributed by atoms with van der Waals surface area (Å²) in [6, 6.07) is 3.13. The fraction of sp³-hybridized carbons (Fsp3) is 0.538. The minimum absolute atomic E-state index is 0.179. The van der Waals surface area contributed by atoms with Crippen LogP contribution in [0, 0.1) is 5.92 Å². The molecule has 1 aliphatic carbocycles. The Balaban J connectivity index is 1.84. The standard InChI is InChI=1S/C13H16Cl2N2O2/c1-17(6-7-19-8-9-2-3-9)13(18)12-10(14)4-5-11(15)16-12/h4-5,9H,2-3,6-8H2,1H3. The summed E-state index contributed by atoms with van der Waals surface area (Å²) in [6.07, 6.45) is 2.52. The number of carbonyl (C=O) groups is 1. The molecule has 0 aromatic carbocycles. The van der Waals surface area contributed by atoms with Gasteiger partial charge >= 0.3 is 0 Å². The highest BCUT2D eigenvalue weighted by atomic mass is 35.5. The second-order valence-corrected chi connectivity index (χ2v) is 5.50. The Labute approximate surface area is 122 Å². The molecule has 0 radical (unpaired) electrons. The lowest BCUT2D eigenvalue weighted by Crippen LogP contribution is -2.31. The second kappa shape index (κ2) is 6.55. The summed E-state index contributed by atoms with van der Waals surface area (Å²) in [5.41, 5.74) is 0.179. The van der Waals surface area contributed by atoms with Crippen LogP contribution >= 0.6 is 23.2 Å². The number of hydrogen-bond donors (Lipinski definition) is 0. The largest absolute Gasteiger partial charge is 0.379 e. The summed E-state index contributed by atoms with van der Waals surface area (Å²) >= 11 is 11.7. The first-order valence-corrected chi connectivity index (χ1v) is 6.99. The van der Waals surface area contributed by atoms with E-state index in [-0.39, 0.29) is 16.8 Å². The van der Waals surface area contributed by atoms with E-state index in [4.69, 9.17) is 27.9 Å². The van der Waals surface area contributed by atoms with Gasteiger partial charge in [0, 0.05) is 20.2 Å². The summed E-state index contributed by atoms with van der Waals surface area (Å²) in [5.74, 6) is 0.479. The molecule has 104 valence electrons. The molecule has 1 saturated carbocycles. The fourth-order valence-electron chi connectivity index (χ4n) is 1.59. The minimum Gasteiger partial charge on any atom is -0.379 e. The van der Waals surface area contributed by atoms with Crippen LogP contribution in [0.25, 0.3) is 0 Å². The molecule has 6 heteroatoms. The van der Waals surface area contributed by atoms with Gasteiger partial charge in [0.2, 0.25) is 0 Å². The Morgan fingerprint density at radius 1 is 1.47 bits per heavy atom. The number of likely N-dealkylation sites (N-methyl/N-ethyl adjacent to an activating group) is 1. The normalized spacial score (nSPS) is 14.5. The van der Waals surface area contributed by atoms with Crippen LogP contribution in [-0.2, 0) is 4.74 Å². The van der Waals surface area contributed by atoms with Gasteiger partial charge in [-0.2, -0.15) is 0 Å². The van der Waals surface area contributed by atoms with E-state index in [0.717, 1.165) is 12.5 Å². The maximum Gasteiger partial charge on any atom is 0.273 e. The highest BCUT2D eigenvalue weighted by Crippen LogP contribution is 2.28. The molecule has 1 heterocycles. The number of amides is 1. The number of halogens is 2. The number of hydrogen-bond acceptors (Lipinski definition) is 3. The fourth-order valence-corrected chi connectivity index (χ4v) is 1.92. The predicted molar refractivity (Wildman–Crippen MR) is 74.8 cm³/mol. The summed E-state index contributed by atoms with van der Waals surface area (Å²) in [7, 11) is 1.70. The van der Waals surface area contributed by atoms with E-state index in [1.54, 1.807) is 19.2 Å². The highest BCUT2D eigenvalue weighted by Gasteiger charge is 2.21. The van der Waals surface area contributed by atoms with E-state index in [0.29, 0.717) is 18.2 Å². The maximum absolute atomic E-state index is 12.1. The molecule has 0 aliphatic heterocycles. The lowest BCUT2D eigenvalue weighted by Gasteiger charge is -2.17. The minimum atomic E-state index is -0.248. The van der Waals surface area contributed by atoms with Crippen LogP contribution in [0.15, 0.2) is 12.1 Å². The van der Waals surface area contributed by atoms with Crippen molar-refractivity contribution in [2.45, 2.75) is 12.8 Å². The molecule has 1 aliphatic rings. The lowest BCUT2D eigenvalue weighted by molar-refractivity contribution is 0.0676. The molecule has 0 bridgehead atoms. The Morgan fingerprint density at radius 3 is 2.89 bits per heavy atom. The highest BCUT2D eigenvalue weighted by molar-refractivity contribution is 6.34. The van der Waals surface area contributed by atoms with Gasteiger partial charge < -0.3 is 9.64 Å². The third-order valence-electron chi connectivity index (χ3n) is 2.98. The van der Waals surface area contributed by atoms with Crippen LogP contribution in [0.5, 0.6) is 0 Å². The van der Waals surface area contributed by atoms with Crippen molar-refractivity contribution in [1.82, 2.24) is 9.88 Å². The van der Waals surface area contributed by atoms with Crippen molar-refractivity contribution in [3.8, 4) is 0 Å². The molecule has 0 saturated heterocycles. The van der Waals surface area contributed by atoms with E-state index in [2.05, 4.69) is 4.98 Å².